The molecule has 4 aromatic rings. The van der Waals surface area contributed by atoms with Crippen molar-refractivity contribution in [2.24, 2.45) is 0 Å². The molecule has 2 aliphatic rings. The first-order chi connectivity index (χ1) is 22.1. The average molecular weight is 637 g/mol. The van der Waals surface area contributed by atoms with Crippen LogP contribution in [-0.2, 0) is 30.1 Å². The Kier molecular flexibility index (Phi) is 7.82. The summed E-state index contributed by atoms with van der Waals surface area (Å²) < 4.78 is 24.4. The van der Waals surface area contributed by atoms with Crippen LogP contribution in [0.2, 0.25) is 0 Å². The number of rotatable bonds is 8. The molecule has 0 radical (unpaired) electrons. The molecule has 6 heterocycles. The minimum absolute atomic E-state index is 0.113. The summed E-state index contributed by atoms with van der Waals surface area (Å²) in [5, 5.41) is 71.1. The fourth-order valence-corrected chi connectivity index (χ4v) is 5.85. The van der Waals surface area contributed by atoms with Crippen molar-refractivity contribution in [2.75, 3.05) is 24.7 Å². The Balaban J connectivity index is 1.03. The minimum atomic E-state index is -2.00. The van der Waals surface area contributed by atoms with E-state index >= 15 is 0 Å². The molecular weight excluding hydrogens is 608 g/mol. The zero-order valence-electron chi connectivity index (χ0n) is 23.8. The number of carbonyl (C=O) groups excluding carboxylic acids is 1. The standard InChI is InChI=1S/C27H28N10O9/c28-9-26(17-3-1-13-23(30)32-11-34-36(13)17)21(40)19(38)15(45-26)5-7-43-25(42)44-8-6-16-20(39)22(41)27(10-29,46-16)18-4-2-14-24(31)33-12-35-37(14)18/h1-4,11-12,15-16,19-22,38-41H,5-8H2,(H2,30,32,34)(H2,31,33,35)/t15-,16-,19-,20-,21-,22-,26+,27+/m1/s1. The molecule has 19 nitrogen and oxygen atoms in total. The summed E-state index contributed by atoms with van der Waals surface area (Å²) >= 11 is 0. The molecule has 2 saturated heterocycles. The molecule has 0 bridgehead atoms. The van der Waals surface area contributed by atoms with Crippen LogP contribution in [-0.4, -0.2) is 106 Å². The number of hydrogen-bond acceptors (Lipinski definition) is 17. The number of nitrogens with two attached hydrogens (primary N) is 2. The van der Waals surface area contributed by atoms with Gasteiger partial charge in [-0.25, -0.2) is 23.8 Å². The van der Waals surface area contributed by atoms with Gasteiger partial charge in [0.1, 0.15) is 60.2 Å². The second-order valence-electron chi connectivity index (χ2n) is 10.7. The molecule has 4 aromatic heterocycles. The third-order valence-corrected chi connectivity index (χ3v) is 8.22. The van der Waals surface area contributed by atoms with E-state index in [0.29, 0.717) is 11.0 Å². The van der Waals surface area contributed by atoms with Crippen LogP contribution in [0.4, 0.5) is 16.4 Å². The summed E-state index contributed by atoms with van der Waals surface area (Å²) in [6.07, 6.45) is -7.59. The largest absolute Gasteiger partial charge is 0.508 e. The van der Waals surface area contributed by atoms with Gasteiger partial charge in [-0.2, -0.15) is 20.7 Å². The first-order valence-electron chi connectivity index (χ1n) is 13.9. The lowest BCUT2D eigenvalue weighted by atomic mass is 9.92. The Bertz CT molecular complexity index is 1740. The van der Waals surface area contributed by atoms with E-state index in [1.54, 1.807) is 12.1 Å². The lowest BCUT2D eigenvalue weighted by molar-refractivity contribution is -0.0610. The van der Waals surface area contributed by atoms with Gasteiger partial charge in [0, 0.05) is 12.8 Å². The molecular formula is C27H28N10O9. The number of nitriles is 2. The Morgan fingerprint density at radius 3 is 1.61 bits per heavy atom. The van der Waals surface area contributed by atoms with Gasteiger partial charge in [0.2, 0.25) is 11.2 Å². The molecule has 0 amide bonds. The molecule has 19 heteroatoms. The second-order valence-corrected chi connectivity index (χ2v) is 10.7. The van der Waals surface area contributed by atoms with Crippen LogP contribution in [0.15, 0.2) is 36.9 Å². The highest BCUT2D eigenvalue weighted by molar-refractivity contribution is 5.67. The number of anilines is 2. The van der Waals surface area contributed by atoms with E-state index in [4.69, 9.17) is 30.4 Å². The van der Waals surface area contributed by atoms with Crippen molar-refractivity contribution in [2.45, 2.75) is 60.7 Å². The van der Waals surface area contributed by atoms with E-state index in [2.05, 4.69) is 20.2 Å². The Labute approximate surface area is 258 Å². The summed E-state index contributed by atoms with van der Waals surface area (Å²) in [7, 11) is 0. The van der Waals surface area contributed by atoms with Gasteiger partial charge in [-0.05, 0) is 24.3 Å². The summed E-state index contributed by atoms with van der Waals surface area (Å²) in [6, 6.07) is 9.89. The fraction of sp³-hybridized carbons (Fsp3) is 0.444. The molecule has 2 aliphatic heterocycles. The maximum atomic E-state index is 12.3. The maximum absolute atomic E-state index is 12.3. The van der Waals surface area contributed by atoms with Gasteiger partial charge in [-0.3, -0.25) is 0 Å². The molecule has 0 aromatic carbocycles. The number of ether oxygens (including phenoxy) is 4. The molecule has 8 atom stereocenters. The van der Waals surface area contributed by atoms with Crippen molar-refractivity contribution in [1.82, 2.24) is 29.2 Å². The van der Waals surface area contributed by atoms with Crippen molar-refractivity contribution >= 4 is 28.8 Å². The molecule has 2 fully saturated rings. The van der Waals surface area contributed by atoms with Crippen LogP contribution >= 0.6 is 0 Å². The molecule has 0 unspecified atom stereocenters. The maximum Gasteiger partial charge on any atom is 0.508 e. The van der Waals surface area contributed by atoms with Gasteiger partial charge in [0.15, 0.2) is 11.6 Å². The van der Waals surface area contributed by atoms with Crippen LogP contribution in [0, 0.1) is 22.7 Å². The zero-order chi connectivity index (χ0) is 32.8. The monoisotopic (exact) mass is 636 g/mol. The highest BCUT2D eigenvalue weighted by Crippen LogP contribution is 2.42. The van der Waals surface area contributed by atoms with E-state index in [1.807, 2.05) is 12.1 Å². The Morgan fingerprint density at radius 1 is 0.804 bits per heavy atom. The lowest BCUT2D eigenvalue weighted by Gasteiger charge is -2.24. The van der Waals surface area contributed by atoms with Gasteiger partial charge < -0.3 is 50.8 Å². The van der Waals surface area contributed by atoms with E-state index in [1.165, 1.54) is 33.8 Å². The number of aromatic nitrogens is 6. The summed E-state index contributed by atoms with van der Waals surface area (Å²) in [5.74, 6) is 0.270. The number of nitrogens with zero attached hydrogens (tertiary/aromatic N) is 8. The molecule has 46 heavy (non-hydrogen) atoms. The van der Waals surface area contributed by atoms with Crippen molar-refractivity contribution in [1.29, 1.82) is 10.5 Å². The molecule has 0 spiro atoms. The van der Waals surface area contributed by atoms with Crippen LogP contribution < -0.4 is 11.5 Å². The molecule has 0 saturated carbocycles. The van der Waals surface area contributed by atoms with Crippen molar-refractivity contribution < 1.29 is 44.2 Å². The fourth-order valence-electron chi connectivity index (χ4n) is 5.85. The lowest BCUT2D eigenvalue weighted by Crippen LogP contribution is -2.40. The third-order valence-electron chi connectivity index (χ3n) is 8.22. The number of hydrogen-bond donors (Lipinski definition) is 6. The number of nitrogen functional groups attached to an aromatic ring is 2. The predicted octanol–water partition coefficient (Wildman–Crippen LogP) is -1.75. The molecule has 0 aliphatic carbocycles. The number of fused-ring (bicyclic) bond motifs is 2. The van der Waals surface area contributed by atoms with Crippen molar-refractivity contribution in [3.05, 3.63) is 48.3 Å². The van der Waals surface area contributed by atoms with Crippen LogP contribution in [0.3, 0.4) is 0 Å². The predicted molar refractivity (Wildman–Crippen MR) is 150 cm³/mol. The van der Waals surface area contributed by atoms with Gasteiger partial charge >= 0.3 is 6.16 Å². The van der Waals surface area contributed by atoms with Crippen molar-refractivity contribution in [3.63, 3.8) is 0 Å². The van der Waals surface area contributed by atoms with E-state index in [9.17, 15) is 35.7 Å². The zero-order valence-corrected chi connectivity index (χ0v) is 23.8. The summed E-state index contributed by atoms with van der Waals surface area (Å²) in [4.78, 5) is 20.0. The normalized spacial score (nSPS) is 30.7. The Hall–Kier alpha value is -5.15. The molecule has 8 N–H and O–H groups in total. The van der Waals surface area contributed by atoms with E-state index < -0.39 is 54.0 Å². The van der Waals surface area contributed by atoms with Crippen LogP contribution in [0.5, 0.6) is 0 Å². The first kappa shape index (κ1) is 30.9. The second kappa shape index (κ2) is 11.7. The summed E-state index contributed by atoms with van der Waals surface area (Å²) in [6.45, 7) is -0.631. The van der Waals surface area contributed by atoms with E-state index in [-0.39, 0.29) is 49.1 Å². The third kappa shape index (κ3) is 4.70. The quantitative estimate of drug-likeness (QED) is 0.117. The topological polar surface area (TPSA) is 295 Å². The van der Waals surface area contributed by atoms with Gasteiger partial charge in [-0.15, -0.1) is 0 Å². The van der Waals surface area contributed by atoms with Gasteiger partial charge in [0.25, 0.3) is 0 Å². The number of aliphatic hydroxyl groups excluding tert-OH is 4. The highest BCUT2D eigenvalue weighted by Gasteiger charge is 2.58. The Morgan fingerprint density at radius 2 is 1.22 bits per heavy atom. The molecule has 6 rings (SSSR count). The minimum Gasteiger partial charge on any atom is -0.434 e. The first-order valence-corrected chi connectivity index (χ1v) is 13.9. The van der Waals surface area contributed by atoms with Crippen molar-refractivity contribution in [3.8, 4) is 12.1 Å². The smallest absolute Gasteiger partial charge is 0.434 e. The molecule has 240 valence electrons. The highest BCUT2D eigenvalue weighted by atomic mass is 16.7. The van der Waals surface area contributed by atoms with Crippen LogP contribution in [0.25, 0.3) is 11.0 Å². The van der Waals surface area contributed by atoms with E-state index in [0.717, 1.165) is 0 Å². The number of carbonyl (C=O) groups is 1. The van der Waals surface area contributed by atoms with Gasteiger partial charge in [0.05, 0.1) is 36.8 Å². The van der Waals surface area contributed by atoms with Crippen LogP contribution in [0.1, 0.15) is 24.2 Å². The average Bonchev–Trinajstić information content (AvgIpc) is 3.80. The van der Waals surface area contributed by atoms with Gasteiger partial charge in [-0.1, -0.05) is 0 Å². The summed E-state index contributed by atoms with van der Waals surface area (Å²) in [5.41, 5.74) is 8.70. The number of aliphatic hydroxyl groups is 4. The SMILES string of the molecule is N#C[C@@]1(c2ccc3c(N)ncnn23)O[C@H](CCOC(=O)OCC[C@H]2O[C@@](C#N)(c3ccc4c(N)ncnn34)[C@H](O)[C@@H]2O)[C@@H](O)[C@H]1O.